The first-order valence-electron chi connectivity index (χ1n) is 8.92. The fraction of sp³-hybridized carbons (Fsp3) is 0.350. The first kappa shape index (κ1) is 18.5. The molecular formula is C20H23N3O2S. The van der Waals surface area contributed by atoms with E-state index in [2.05, 4.69) is 17.2 Å². The van der Waals surface area contributed by atoms with Crippen molar-refractivity contribution in [1.82, 2.24) is 9.88 Å². The number of anilines is 1. The smallest absolute Gasteiger partial charge is 0.272 e. The van der Waals surface area contributed by atoms with E-state index in [9.17, 15) is 9.59 Å². The lowest BCUT2D eigenvalue weighted by Crippen LogP contribution is -2.41. The van der Waals surface area contributed by atoms with Gasteiger partial charge in [-0.3, -0.25) is 14.6 Å². The molecule has 1 saturated heterocycles. The molecule has 0 bridgehead atoms. The van der Waals surface area contributed by atoms with Crippen molar-refractivity contribution in [3.63, 3.8) is 0 Å². The molecule has 136 valence electrons. The average molecular weight is 369 g/mol. The van der Waals surface area contributed by atoms with E-state index in [1.807, 2.05) is 30.3 Å². The molecule has 3 rings (SSSR count). The Morgan fingerprint density at radius 3 is 2.58 bits per heavy atom. The molecule has 0 unspecified atom stereocenters. The number of pyridine rings is 1. The summed E-state index contributed by atoms with van der Waals surface area (Å²) in [6.45, 7) is 3.26. The van der Waals surface area contributed by atoms with Crippen molar-refractivity contribution < 1.29 is 9.59 Å². The van der Waals surface area contributed by atoms with Crippen molar-refractivity contribution >= 4 is 29.3 Å². The van der Waals surface area contributed by atoms with E-state index < -0.39 is 0 Å². The quantitative estimate of drug-likeness (QED) is 0.817. The zero-order valence-electron chi connectivity index (χ0n) is 14.9. The van der Waals surface area contributed by atoms with Crippen molar-refractivity contribution in [1.29, 1.82) is 0 Å². The van der Waals surface area contributed by atoms with E-state index in [0.717, 1.165) is 16.3 Å². The molecule has 0 spiro atoms. The van der Waals surface area contributed by atoms with Crippen molar-refractivity contribution in [2.75, 3.05) is 24.2 Å². The topological polar surface area (TPSA) is 62.3 Å². The molecule has 6 heteroatoms. The van der Waals surface area contributed by atoms with Crippen LogP contribution in [-0.4, -0.2) is 40.5 Å². The zero-order valence-corrected chi connectivity index (χ0v) is 15.7. The highest BCUT2D eigenvalue weighted by molar-refractivity contribution is 7.99. The molecule has 1 fully saturated rings. The predicted molar refractivity (Wildman–Crippen MR) is 104 cm³/mol. The van der Waals surface area contributed by atoms with Crippen LogP contribution in [0.1, 0.15) is 30.3 Å². The number of piperidine rings is 1. The lowest BCUT2D eigenvalue weighted by molar-refractivity contribution is -0.121. The summed E-state index contributed by atoms with van der Waals surface area (Å²) in [7, 11) is 0. The van der Waals surface area contributed by atoms with E-state index >= 15 is 0 Å². The van der Waals surface area contributed by atoms with Crippen LogP contribution in [0.3, 0.4) is 0 Å². The first-order chi connectivity index (χ1) is 12.7. The van der Waals surface area contributed by atoms with Gasteiger partial charge in [-0.1, -0.05) is 25.1 Å². The minimum atomic E-state index is -0.0672. The number of likely N-dealkylation sites (tertiary alicyclic amines) is 1. The van der Waals surface area contributed by atoms with Gasteiger partial charge in [0.1, 0.15) is 5.69 Å². The summed E-state index contributed by atoms with van der Waals surface area (Å²) < 4.78 is 0. The molecule has 2 amide bonds. The van der Waals surface area contributed by atoms with Gasteiger partial charge in [0.05, 0.1) is 5.69 Å². The maximum Gasteiger partial charge on any atom is 0.272 e. The minimum absolute atomic E-state index is 0.0408. The number of benzene rings is 1. The fourth-order valence-corrected chi connectivity index (χ4v) is 3.84. The van der Waals surface area contributed by atoms with Gasteiger partial charge < -0.3 is 10.2 Å². The van der Waals surface area contributed by atoms with Crippen LogP contribution in [0.25, 0.3) is 0 Å². The summed E-state index contributed by atoms with van der Waals surface area (Å²) >= 11 is 1.72. The predicted octanol–water partition coefficient (Wildman–Crippen LogP) is 3.68. The number of amides is 2. The van der Waals surface area contributed by atoms with E-state index in [4.69, 9.17) is 0 Å². The first-order valence-corrected chi connectivity index (χ1v) is 9.90. The van der Waals surface area contributed by atoms with Gasteiger partial charge >= 0.3 is 0 Å². The number of para-hydroxylation sites is 1. The molecule has 1 aromatic carbocycles. The van der Waals surface area contributed by atoms with Gasteiger partial charge in [0, 0.05) is 30.1 Å². The standard InChI is InChI=1S/C20H23N3O2S/c1-2-26-18-9-4-3-7-16(18)22-19(24)15-10-13-23(14-11-15)20(25)17-8-5-6-12-21-17/h3-9,12,15H,2,10-11,13-14H2,1H3,(H,22,24). The van der Waals surface area contributed by atoms with Gasteiger partial charge in [-0.25, -0.2) is 0 Å². The largest absolute Gasteiger partial charge is 0.337 e. The van der Waals surface area contributed by atoms with Gasteiger partial charge in [0.15, 0.2) is 0 Å². The molecule has 1 aliphatic rings. The Hall–Kier alpha value is -2.34. The summed E-state index contributed by atoms with van der Waals surface area (Å²) in [4.78, 5) is 32.1. The minimum Gasteiger partial charge on any atom is -0.337 e. The molecule has 26 heavy (non-hydrogen) atoms. The number of hydrogen-bond acceptors (Lipinski definition) is 4. The van der Waals surface area contributed by atoms with Gasteiger partial charge in [-0.05, 0) is 42.9 Å². The van der Waals surface area contributed by atoms with Crippen LogP contribution in [0.4, 0.5) is 5.69 Å². The van der Waals surface area contributed by atoms with Gasteiger partial charge in [-0.2, -0.15) is 0 Å². The Labute approximate surface area is 158 Å². The second-order valence-electron chi connectivity index (χ2n) is 6.20. The van der Waals surface area contributed by atoms with Crippen LogP contribution in [-0.2, 0) is 4.79 Å². The van der Waals surface area contributed by atoms with Crippen LogP contribution < -0.4 is 5.32 Å². The molecule has 1 aromatic heterocycles. The number of nitrogens with zero attached hydrogens (tertiary/aromatic N) is 2. The highest BCUT2D eigenvalue weighted by Gasteiger charge is 2.28. The molecule has 1 aliphatic heterocycles. The van der Waals surface area contributed by atoms with Gasteiger partial charge in [0.2, 0.25) is 5.91 Å². The SMILES string of the molecule is CCSc1ccccc1NC(=O)C1CCN(C(=O)c2ccccn2)CC1. The monoisotopic (exact) mass is 369 g/mol. The molecule has 2 aromatic rings. The summed E-state index contributed by atoms with van der Waals surface area (Å²) in [6.07, 6.45) is 2.97. The summed E-state index contributed by atoms with van der Waals surface area (Å²) in [5, 5.41) is 3.07. The molecule has 0 aliphatic carbocycles. The van der Waals surface area contributed by atoms with Crippen LogP contribution in [0, 0.1) is 5.92 Å². The van der Waals surface area contributed by atoms with Crippen molar-refractivity contribution in [2.45, 2.75) is 24.7 Å². The third kappa shape index (κ3) is 4.43. The van der Waals surface area contributed by atoms with Crippen molar-refractivity contribution in [3.05, 3.63) is 54.4 Å². The highest BCUT2D eigenvalue weighted by atomic mass is 32.2. The molecule has 2 heterocycles. The summed E-state index contributed by atoms with van der Waals surface area (Å²) in [5.41, 5.74) is 1.33. The molecule has 1 N–H and O–H groups in total. The number of carbonyl (C=O) groups excluding carboxylic acids is 2. The third-order valence-corrected chi connectivity index (χ3v) is 5.44. The average Bonchev–Trinajstić information content (AvgIpc) is 2.70. The van der Waals surface area contributed by atoms with Crippen LogP contribution in [0.15, 0.2) is 53.6 Å². The van der Waals surface area contributed by atoms with E-state index in [-0.39, 0.29) is 17.7 Å². The number of nitrogens with one attached hydrogen (secondary N) is 1. The number of hydrogen-bond donors (Lipinski definition) is 1. The number of thioether (sulfide) groups is 1. The number of rotatable bonds is 5. The lowest BCUT2D eigenvalue weighted by atomic mass is 9.95. The zero-order chi connectivity index (χ0) is 18.4. The van der Waals surface area contributed by atoms with Crippen molar-refractivity contribution in [3.8, 4) is 0 Å². The van der Waals surface area contributed by atoms with E-state index in [0.29, 0.717) is 31.6 Å². The van der Waals surface area contributed by atoms with Crippen LogP contribution in [0.2, 0.25) is 0 Å². The second kappa shape index (κ2) is 8.85. The summed E-state index contributed by atoms with van der Waals surface area (Å²) in [6, 6.07) is 13.2. The molecule has 5 nitrogen and oxygen atoms in total. The second-order valence-corrected chi connectivity index (χ2v) is 7.51. The van der Waals surface area contributed by atoms with E-state index in [1.165, 1.54) is 0 Å². The Morgan fingerprint density at radius 1 is 1.15 bits per heavy atom. The molecule has 0 saturated carbocycles. The maximum atomic E-state index is 12.6. The molecule has 0 atom stereocenters. The van der Waals surface area contributed by atoms with E-state index in [1.54, 1.807) is 35.0 Å². The third-order valence-electron chi connectivity index (χ3n) is 4.48. The lowest BCUT2D eigenvalue weighted by Gasteiger charge is -2.31. The molecular weight excluding hydrogens is 346 g/mol. The Kier molecular flexibility index (Phi) is 6.28. The highest BCUT2D eigenvalue weighted by Crippen LogP contribution is 2.28. The number of aromatic nitrogens is 1. The number of carbonyl (C=O) groups is 2. The Balaban J connectivity index is 1.56. The van der Waals surface area contributed by atoms with Gasteiger partial charge in [0.25, 0.3) is 5.91 Å². The van der Waals surface area contributed by atoms with Crippen LogP contribution >= 0.6 is 11.8 Å². The van der Waals surface area contributed by atoms with Crippen LogP contribution in [0.5, 0.6) is 0 Å². The maximum absolute atomic E-state index is 12.6. The Morgan fingerprint density at radius 2 is 1.88 bits per heavy atom. The fourth-order valence-electron chi connectivity index (χ4n) is 3.08. The normalized spacial score (nSPS) is 14.9. The summed E-state index contributed by atoms with van der Waals surface area (Å²) in [5.74, 6) is 0.872. The van der Waals surface area contributed by atoms with Crippen molar-refractivity contribution in [2.24, 2.45) is 5.92 Å². The van der Waals surface area contributed by atoms with Gasteiger partial charge in [-0.15, -0.1) is 11.8 Å². The molecule has 0 radical (unpaired) electrons. The Bertz CT molecular complexity index is 759.